The van der Waals surface area contributed by atoms with Crippen molar-refractivity contribution in [3.05, 3.63) is 77.9 Å². The maximum atomic E-state index is 12.4. The van der Waals surface area contributed by atoms with E-state index in [1.54, 1.807) is 7.11 Å². The van der Waals surface area contributed by atoms with Gasteiger partial charge in [0.2, 0.25) is 11.8 Å². The summed E-state index contributed by atoms with van der Waals surface area (Å²) in [6.45, 7) is 3.66. The van der Waals surface area contributed by atoms with Crippen molar-refractivity contribution >= 4 is 22.6 Å². The van der Waals surface area contributed by atoms with Crippen LogP contribution in [-0.4, -0.2) is 50.0 Å². The molecular weight excluding hydrogens is 426 g/mol. The summed E-state index contributed by atoms with van der Waals surface area (Å²) < 4.78 is 5.22. The predicted molar refractivity (Wildman–Crippen MR) is 135 cm³/mol. The van der Waals surface area contributed by atoms with Crippen LogP contribution >= 0.6 is 0 Å². The first-order chi connectivity index (χ1) is 16.6. The standard InChI is InChI=1S/C28H33N3O3/c1-34-25-11-9-22(10-12-25)20-31-15-13-21(14-16-31)18-29-28(33)19-30-27(32)17-24-7-4-6-23-5-2-3-8-26(23)24/h2-12,21H,13-20H2,1H3,(H,29,33)(H,30,32). The number of methoxy groups -OCH3 is 1. The molecule has 178 valence electrons. The number of benzene rings is 3. The van der Waals surface area contributed by atoms with Gasteiger partial charge in [0.05, 0.1) is 20.1 Å². The van der Waals surface area contributed by atoms with Gasteiger partial charge in [-0.25, -0.2) is 0 Å². The second kappa shape index (κ2) is 11.7. The van der Waals surface area contributed by atoms with Crippen molar-refractivity contribution in [3.8, 4) is 5.75 Å². The molecule has 0 radical (unpaired) electrons. The summed E-state index contributed by atoms with van der Waals surface area (Å²) in [5.41, 5.74) is 2.25. The Hall–Kier alpha value is -3.38. The smallest absolute Gasteiger partial charge is 0.239 e. The molecule has 4 rings (SSSR count). The van der Waals surface area contributed by atoms with Gasteiger partial charge < -0.3 is 15.4 Å². The minimum absolute atomic E-state index is 0.0138. The zero-order valence-electron chi connectivity index (χ0n) is 19.8. The average Bonchev–Trinajstić information content (AvgIpc) is 2.88. The van der Waals surface area contributed by atoms with Crippen LogP contribution in [-0.2, 0) is 22.6 Å². The Bertz CT molecular complexity index is 1100. The summed E-state index contributed by atoms with van der Waals surface area (Å²) in [6, 6.07) is 22.2. The SMILES string of the molecule is COc1ccc(CN2CCC(CNC(=O)CNC(=O)Cc3cccc4ccccc34)CC2)cc1. The third kappa shape index (κ3) is 6.58. The molecule has 0 aromatic heterocycles. The van der Waals surface area contributed by atoms with Gasteiger partial charge >= 0.3 is 0 Å². The molecule has 0 bridgehead atoms. The maximum Gasteiger partial charge on any atom is 0.239 e. The number of piperidine rings is 1. The Labute approximate surface area is 201 Å². The molecule has 1 aliphatic rings. The molecule has 34 heavy (non-hydrogen) atoms. The molecule has 6 heteroatoms. The molecule has 3 aromatic rings. The summed E-state index contributed by atoms with van der Waals surface area (Å²) >= 11 is 0. The number of fused-ring (bicyclic) bond motifs is 1. The highest BCUT2D eigenvalue weighted by Gasteiger charge is 2.20. The number of rotatable bonds is 9. The fraction of sp³-hybridized carbons (Fsp3) is 0.357. The Morgan fingerprint density at radius 2 is 1.65 bits per heavy atom. The molecule has 1 heterocycles. The van der Waals surface area contributed by atoms with Crippen molar-refractivity contribution in [2.45, 2.75) is 25.8 Å². The fourth-order valence-corrected chi connectivity index (χ4v) is 4.52. The van der Waals surface area contributed by atoms with Crippen LogP contribution in [0.1, 0.15) is 24.0 Å². The lowest BCUT2D eigenvalue weighted by atomic mass is 9.96. The van der Waals surface area contributed by atoms with E-state index in [1.165, 1.54) is 5.56 Å². The van der Waals surface area contributed by atoms with Crippen LogP contribution < -0.4 is 15.4 Å². The van der Waals surface area contributed by atoms with Crippen molar-refractivity contribution in [1.29, 1.82) is 0 Å². The molecule has 2 amide bonds. The Morgan fingerprint density at radius 1 is 0.912 bits per heavy atom. The van der Waals surface area contributed by atoms with E-state index >= 15 is 0 Å². The van der Waals surface area contributed by atoms with Crippen molar-refractivity contribution < 1.29 is 14.3 Å². The molecule has 0 unspecified atom stereocenters. The van der Waals surface area contributed by atoms with Crippen molar-refractivity contribution in [2.24, 2.45) is 5.92 Å². The van der Waals surface area contributed by atoms with E-state index < -0.39 is 0 Å². The van der Waals surface area contributed by atoms with Gasteiger partial charge in [-0.15, -0.1) is 0 Å². The number of carbonyl (C=O) groups excluding carboxylic acids is 2. The second-order valence-electron chi connectivity index (χ2n) is 8.96. The van der Waals surface area contributed by atoms with Gasteiger partial charge in [-0.3, -0.25) is 14.5 Å². The number of nitrogens with zero attached hydrogens (tertiary/aromatic N) is 1. The largest absolute Gasteiger partial charge is 0.497 e. The number of ether oxygens (including phenoxy) is 1. The van der Waals surface area contributed by atoms with E-state index in [-0.39, 0.29) is 24.8 Å². The lowest BCUT2D eigenvalue weighted by Gasteiger charge is -2.32. The average molecular weight is 460 g/mol. The zero-order chi connectivity index (χ0) is 23.8. The summed E-state index contributed by atoms with van der Waals surface area (Å²) in [6.07, 6.45) is 2.38. The highest BCUT2D eigenvalue weighted by Crippen LogP contribution is 2.20. The quantitative estimate of drug-likeness (QED) is 0.514. The number of hydrogen-bond acceptors (Lipinski definition) is 4. The van der Waals surface area contributed by atoms with E-state index in [9.17, 15) is 9.59 Å². The first-order valence-electron chi connectivity index (χ1n) is 12.0. The van der Waals surface area contributed by atoms with Gasteiger partial charge in [-0.1, -0.05) is 54.6 Å². The van der Waals surface area contributed by atoms with Gasteiger partial charge in [0.25, 0.3) is 0 Å². The van der Waals surface area contributed by atoms with Crippen molar-refractivity contribution in [2.75, 3.05) is 33.3 Å². The van der Waals surface area contributed by atoms with E-state index in [0.717, 1.165) is 54.6 Å². The fourth-order valence-electron chi connectivity index (χ4n) is 4.52. The minimum atomic E-state index is -0.140. The molecule has 2 N–H and O–H groups in total. The van der Waals surface area contributed by atoms with Crippen molar-refractivity contribution in [3.63, 3.8) is 0 Å². The molecule has 0 atom stereocenters. The number of hydrogen-bond donors (Lipinski definition) is 2. The van der Waals surface area contributed by atoms with E-state index in [0.29, 0.717) is 12.5 Å². The summed E-state index contributed by atoms with van der Waals surface area (Å²) in [5, 5.41) is 7.93. The summed E-state index contributed by atoms with van der Waals surface area (Å²) in [4.78, 5) is 27.1. The van der Waals surface area contributed by atoms with E-state index in [1.807, 2.05) is 54.6 Å². The Balaban J connectivity index is 1.14. The van der Waals surface area contributed by atoms with Crippen LogP contribution in [0.3, 0.4) is 0 Å². The molecule has 6 nitrogen and oxygen atoms in total. The van der Waals surface area contributed by atoms with Crippen LogP contribution in [0.25, 0.3) is 10.8 Å². The third-order valence-electron chi connectivity index (χ3n) is 6.54. The highest BCUT2D eigenvalue weighted by atomic mass is 16.5. The zero-order valence-corrected chi connectivity index (χ0v) is 19.8. The Kier molecular flexibility index (Phi) is 8.15. The van der Waals surface area contributed by atoms with Gasteiger partial charge in [-0.05, 0) is 65.9 Å². The van der Waals surface area contributed by atoms with E-state index in [2.05, 4.69) is 27.7 Å². The van der Waals surface area contributed by atoms with E-state index in [4.69, 9.17) is 4.74 Å². The maximum absolute atomic E-state index is 12.4. The lowest BCUT2D eigenvalue weighted by molar-refractivity contribution is -0.125. The normalized spacial score (nSPS) is 14.6. The topological polar surface area (TPSA) is 70.7 Å². The minimum Gasteiger partial charge on any atom is -0.497 e. The van der Waals surface area contributed by atoms with Crippen LogP contribution in [0, 0.1) is 5.92 Å². The molecule has 3 aromatic carbocycles. The van der Waals surface area contributed by atoms with Crippen molar-refractivity contribution in [1.82, 2.24) is 15.5 Å². The Morgan fingerprint density at radius 3 is 2.41 bits per heavy atom. The molecule has 1 saturated heterocycles. The first-order valence-corrected chi connectivity index (χ1v) is 12.0. The molecule has 1 fully saturated rings. The molecular formula is C28H33N3O3. The third-order valence-corrected chi connectivity index (χ3v) is 6.54. The number of amides is 2. The lowest BCUT2D eigenvalue weighted by Crippen LogP contribution is -2.42. The summed E-state index contributed by atoms with van der Waals surface area (Å²) in [5.74, 6) is 1.08. The highest BCUT2D eigenvalue weighted by molar-refractivity contribution is 5.91. The number of likely N-dealkylation sites (tertiary alicyclic amines) is 1. The second-order valence-corrected chi connectivity index (χ2v) is 8.96. The number of carbonyl (C=O) groups is 2. The van der Waals surface area contributed by atoms with Gasteiger partial charge in [0.1, 0.15) is 5.75 Å². The monoisotopic (exact) mass is 459 g/mol. The molecule has 0 aliphatic carbocycles. The molecule has 0 saturated carbocycles. The first kappa shape index (κ1) is 23.8. The number of nitrogens with one attached hydrogen (secondary N) is 2. The van der Waals surface area contributed by atoms with Gasteiger partial charge in [-0.2, -0.15) is 0 Å². The molecule has 0 spiro atoms. The predicted octanol–water partition coefficient (Wildman–Crippen LogP) is 3.54. The van der Waals surface area contributed by atoms with Crippen LogP contribution in [0.15, 0.2) is 66.7 Å². The van der Waals surface area contributed by atoms with Crippen LogP contribution in [0.5, 0.6) is 5.75 Å². The summed E-state index contributed by atoms with van der Waals surface area (Å²) in [7, 11) is 1.68. The van der Waals surface area contributed by atoms with Gasteiger partial charge in [0, 0.05) is 13.1 Å². The van der Waals surface area contributed by atoms with Crippen LogP contribution in [0.4, 0.5) is 0 Å². The van der Waals surface area contributed by atoms with Crippen LogP contribution in [0.2, 0.25) is 0 Å². The molecule has 1 aliphatic heterocycles. The van der Waals surface area contributed by atoms with Gasteiger partial charge in [0.15, 0.2) is 0 Å².